The molecule has 0 saturated carbocycles. The largest absolute Gasteiger partial charge is 0.494 e. The molecule has 2 unspecified atom stereocenters. The number of aliphatic hydroxyl groups is 1. The number of nitrogens with one attached hydrogen (secondary N) is 1. The van der Waals surface area contributed by atoms with Crippen LogP contribution < -0.4 is 15.1 Å². The molecule has 1 aliphatic rings. The van der Waals surface area contributed by atoms with Crippen LogP contribution in [0.5, 0.6) is 5.75 Å². The number of hydrogen-bond acceptors (Lipinski definition) is 6. The summed E-state index contributed by atoms with van der Waals surface area (Å²) in [6.07, 6.45) is -1.22. The van der Waals surface area contributed by atoms with Crippen LogP contribution in [-0.2, 0) is 9.59 Å². The first kappa shape index (κ1) is 23.0. The predicted molar refractivity (Wildman–Crippen MR) is 110 cm³/mol. The molecule has 1 heterocycles. The molecule has 0 aliphatic carbocycles. The van der Waals surface area contributed by atoms with Gasteiger partial charge in [-0.3, -0.25) is 14.8 Å². The highest BCUT2D eigenvalue weighted by molar-refractivity contribution is 5.89. The molecule has 2 amide bonds. The highest BCUT2D eigenvalue weighted by atomic mass is 16.5. The quantitative estimate of drug-likeness (QED) is 0.447. The smallest absolute Gasteiger partial charge is 0.272 e. The Morgan fingerprint density at radius 1 is 1.24 bits per heavy atom. The van der Waals surface area contributed by atoms with Crippen LogP contribution in [0.4, 0.5) is 5.69 Å². The van der Waals surface area contributed by atoms with Crippen LogP contribution in [0.15, 0.2) is 24.3 Å². The van der Waals surface area contributed by atoms with Crippen molar-refractivity contribution in [3.05, 3.63) is 24.3 Å². The molecule has 29 heavy (non-hydrogen) atoms. The molecular weight excluding hydrogens is 374 g/mol. The second kappa shape index (κ2) is 10.5. The number of hydrogen-bond donors (Lipinski definition) is 3. The lowest BCUT2D eigenvalue weighted by Gasteiger charge is -2.42. The van der Waals surface area contributed by atoms with Crippen molar-refractivity contribution in [2.75, 3.05) is 31.1 Å². The lowest BCUT2D eigenvalue weighted by molar-refractivity contribution is -0.152. The Bertz CT molecular complexity index is 679. The fourth-order valence-electron chi connectivity index (χ4n) is 3.77. The van der Waals surface area contributed by atoms with E-state index in [2.05, 4.69) is 4.90 Å². The van der Waals surface area contributed by atoms with Crippen LogP contribution in [0, 0.1) is 11.8 Å². The van der Waals surface area contributed by atoms with Gasteiger partial charge in [-0.2, -0.15) is 0 Å². The molecule has 1 aromatic carbocycles. The maximum absolute atomic E-state index is 13.1. The number of hydroxylamine groups is 1. The van der Waals surface area contributed by atoms with Gasteiger partial charge in [0.15, 0.2) is 0 Å². The van der Waals surface area contributed by atoms with Gasteiger partial charge in [0.05, 0.1) is 12.5 Å². The third-order valence-corrected chi connectivity index (χ3v) is 5.23. The van der Waals surface area contributed by atoms with Gasteiger partial charge >= 0.3 is 0 Å². The molecule has 0 spiro atoms. The van der Waals surface area contributed by atoms with E-state index >= 15 is 0 Å². The molecular formula is C21H33N3O5. The van der Waals surface area contributed by atoms with E-state index in [0.29, 0.717) is 32.7 Å². The van der Waals surface area contributed by atoms with Crippen molar-refractivity contribution in [1.82, 2.24) is 10.4 Å². The third kappa shape index (κ3) is 5.83. The molecule has 2 rings (SSSR count). The summed E-state index contributed by atoms with van der Waals surface area (Å²) >= 11 is 0. The van der Waals surface area contributed by atoms with Crippen molar-refractivity contribution in [1.29, 1.82) is 0 Å². The minimum absolute atomic E-state index is 0.0816. The summed E-state index contributed by atoms with van der Waals surface area (Å²) in [4.78, 5) is 28.8. The summed E-state index contributed by atoms with van der Waals surface area (Å²) in [7, 11) is 0. The number of ether oxygens (including phenoxy) is 1. The van der Waals surface area contributed by atoms with Crippen molar-refractivity contribution in [2.24, 2.45) is 11.8 Å². The van der Waals surface area contributed by atoms with Gasteiger partial charge in [-0.25, -0.2) is 5.48 Å². The summed E-state index contributed by atoms with van der Waals surface area (Å²) in [6.45, 7) is 10.2. The average molecular weight is 408 g/mol. The number of piperazine rings is 1. The normalized spacial score (nSPS) is 19.1. The van der Waals surface area contributed by atoms with E-state index in [1.54, 1.807) is 4.90 Å². The Morgan fingerprint density at radius 2 is 1.90 bits per heavy atom. The number of carbonyl (C=O) groups excluding carboxylic acids is 2. The third-order valence-electron chi connectivity index (χ3n) is 5.23. The Hall–Kier alpha value is -2.32. The summed E-state index contributed by atoms with van der Waals surface area (Å²) in [5, 5.41) is 19.1. The first-order chi connectivity index (χ1) is 13.8. The van der Waals surface area contributed by atoms with Crippen LogP contribution in [0.1, 0.15) is 34.1 Å². The maximum Gasteiger partial charge on any atom is 0.272 e. The van der Waals surface area contributed by atoms with E-state index < -0.39 is 17.9 Å². The molecule has 162 valence electrons. The summed E-state index contributed by atoms with van der Waals surface area (Å²) in [5.74, 6) is -1.16. The molecule has 1 fully saturated rings. The summed E-state index contributed by atoms with van der Waals surface area (Å²) in [5.41, 5.74) is 2.51. The van der Waals surface area contributed by atoms with E-state index in [9.17, 15) is 14.7 Å². The lowest BCUT2D eigenvalue weighted by Crippen LogP contribution is -2.57. The van der Waals surface area contributed by atoms with Gasteiger partial charge < -0.3 is 19.6 Å². The first-order valence-electron chi connectivity index (χ1n) is 10.2. The highest BCUT2D eigenvalue weighted by Crippen LogP contribution is 2.25. The Labute approximate surface area is 172 Å². The molecule has 8 nitrogen and oxygen atoms in total. The molecule has 3 N–H and O–H groups in total. The van der Waals surface area contributed by atoms with E-state index in [4.69, 9.17) is 9.94 Å². The van der Waals surface area contributed by atoms with Crippen molar-refractivity contribution >= 4 is 17.5 Å². The molecule has 0 aromatic heterocycles. The lowest BCUT2D eigenvalue weighted by atomic mass is 9.89. The molecule has 1 aliphatic heterocycles. The Morgan fingerprint density at radius 3 is 2.41 bits per heavy atom. The summed E-state index contributed by atoms with van der Waals surface area (Å²) < 4.78 is 5.48. The number of anilines is 1. The van der Waals surface area contributed by atoms with Gasteiger partial charge in [0.2, 0.25) is 5.91 Å². The van der Waals surface area contributed by atoms with Crippen LogP contribution in [0.3, 0.4) is 0 Å². The van der Waals surface area contributed by atoms with Gasteiger partial charge in [0.1, 0.15) is 11.9 Å². The fraction of sp³-hybridized carbons (Fsp3) is 0.619. The molecule has 3 atom stereocenters. The van der Waals surface area contributed by atoms with Gasteiger partial charge in [-0.1, -0.05) is 13.8 Å². The Kier molecular flexibility index (Phi) is 8.28. The number of aliphatic hydroxyl groups excluding tert-OH is 1. The van der Waals surface area contributed by atoms with Gasteiger partial charge in [0.25, 0.3) is 5.91 Å². The monoisotopic (exact) mass is 407 g/mol. The second-order valence-corrected chi connectivity index (χ2v) is 7.91. The van der Waals surface area contributed by atoms with Crippen molar-refractivity contribution in [3.63, 3.8) is 0 Å². The zero-order valence-corrected chi connectivity index (χ0v) is 17.7. The minimum Gasteiger partial charge on any atom is -0.494 e. The van der Waals surface area contributed by atoms with E-state index in [1.165, 1.54) is 5.48 Å². The summed E-state index contributed by atoms with van der Waals surface area (Å²) in [6, 6.07) is 7.80. The SMILES string of the molecule is CCOc1ccc(N2CCN(C(=O)C(CC(C)C)C(O)C(=O)NO)[C@H](C)C2)cc1. The van der Waals surface area contributed by atoms with Crippen LogP contribution in [0.2, 0.25) is 0 Å². The minimum atomic E-state index is -1.58. The van der Waals surface area contributed by atoms with Crippen molar-refractivity contribution in [3.8, 4) is 5.75 Å². The van der Waals surface area contributed by atoms with Gasteiger partial charge in [-0.05, 0) is 50.5 Å². The molecule has 0 bridgehead atoms. The zero-order valence-electron chi connectivity index (χ0n) is 17.7. The zero-order chi connectivity index (χ0) is 21.6. The molecule has 8 heteroatoms. The van der Waals surface area contributed by atoms with Crippen molar-refractivity contribution in [2.45, 2.75) is 46.3 Å². The number of nitrogens with zero attached hydrogens (tertiary/aromatic N) is 2. The Balaban J connectivity index is 2.07. The molecule has 0 radical (unpaired) electrons. The molecule has 1 saturated heterocycles. The average Bonchev–Trinajstić information content (AvgIpc) is 2.71. The number of rotatable bonds is 8. The highest BCUT2D eigenvalue weighted by Gasteiger charge is 2.38. The standard InChI is InChI=1S/C21H33N3O5/c1-5-29-17-8-6-16(7-9-17)23-10-11-24(15(4)13-23)21(27)18(12-14(2)3)19(25)20(26)22-28/h6-9,14-15,18-19,25,28H,5,10-13H2,1-4H3,(H,22,26)/t15-,18?,19?/m1/s1. The van der Waals surface area contributed by atoms with Crippen LogP contribution in [-0.4, -0.2) is 65.4 Å². The number of benzene rings is 1. The van der Waals surface area contributed by atoms with Gasteiger partial charge in [-0.15, -0.1) is 0 Å². The van der Waals surface area contributed by atoms with Crippen molar-refractivity contribution < 1.29 is 24.6 Å². The van der Waals surface area contributed by atoms with E-state index in [0.717, 1.165) is 11.4 Å². The van der Waals surface area contributed by atoms with Crippen LogP contribution >= 0.6 is 0 Å². The fourth-order valence-corrected chi connectivity index (χ4v) is 3.77. The first-order valence-corrected chi connectivity index (χ1v) is 10.2. The van der Waals surface area contributed by atoms with Crippen LogP contribution in [0.25, 0.3) is 0 Å². The topological polar surface area (TPSA) is 102 Å². The maximum atomic E-state index is 13.1. The second-order valence-electron chi connectivity index (χ2n) is 7.91. The number of carbonyl (C=O) groups is 2. The molecule has 1 aromatic rings. The van der Waals surface area contributed by atoms with E-state index in [-0.39, 0.29) is 17.9 Å². The number of amides is 2. The predicted octanol–water partition coefficient (Wildman–Crippen LogP) is 1.65. The van der Waals surface area contributed by atoms with Gasteiger partial charge in [0, 0.05) is 31.4 Å². The van der Waals surface area contributed by atoms with E-state index in [1.807, 2.05) is 52.0 Å².